The maximum Gasteiger partial charge on any atom is 0.356 e. The van der Waals surface area contributed by atoms with Crippen LogP contribution in [0.1, 0.15) is 56.9 Å². The molecular weight excluding hydrogens is 1020 g/mol. The van der Waals surface area contributed by atoms with Crippen LogP contribution in [0.3, 0.4) is 0 Å². The molecule has 0 saturated carbocycles. The molecule has 1 unspecified atom stereocenters. The van der Waals surface area contributed by atoms with E-state index in [1.807, 2.05) is 127 Å². The van der Waals surface area contributed by atoms with Crippen molar-refractivity contribution in [2.75, 3.05) is 30.5 Å². The lowest BCUT2D eigenvalue weighted by molar-refractivity contribution is -0.154. The van der Waals surface area contributed by atoms with E-state index in [1.165, 1.54) is 58.2 Å². The van der Waals surface area contributed by atoms with Crippen molar-refractivity contribution >= 4 is 90.9 Å². The molecule has 10 rings (SSSR count). The number of carbonyl (C=O) groups excluding carboxylic acids is 4. The second-order valence-electron chi connectivity index (χ2n) is 17.2. The van der Waals surface area contributed by atoms with Crippen molar-refractivity contribution in [3.8, 4) is 0 Å². The van der Waals surface area contributed by atoms with E-state index in [9.17, 15) is 24.0 Å². The maximum atomic E-state index is 14.9. The first-order chi connectivity index (χ1) is 36.7. The van der Waals surface area contributed by atoms with Crippen molar-refractivity contribution in [1.29, 1.82) is 0 Å². The van der Waals surface area contributed by atoms with E-state index in [1.54, 1.807) is 24.4 Å². The molecule has 376 valence electrons. The first-order valence-electron chi connectivity index (χ1n) is 23.9. The van der Waals surface area contributed by atoms with E-state index in [0.717, 1.165) is 16.7 Å². The van der Waals surface area contributed by atoms with E-state index in [0.29, 0.717) is 36.1 Å². The zero-order valence-corrected chi connectivity index (χ0v) is 43.7. The van der Waals surface area contributed by atoms with Gasteiger partial charge in [0.2, 0.25) is 5.43 Å². The number of nitrogens with zero attached hydrogens (tertiary/aromatic N) is 3. The number of hydrogen-bond acceptors (Lipinski definition) is 15. The summed E-state index contributed by atoms with van der Waals surface area (Å²) in [5.41, 5.74) is 3.47. The molecule has 2 aliphatic rings. The van der Waals surface area contributed by atoms with E-state index < -0.39 is 52.2 Å². The number of ether oxygens (including phenoxy) is 2. The summed E-state index contributed by atoms with van der Waals surface area (Å²) in [6.45, 7) is 1.74. The van der Waals surface area contributed by atoms with Crippen LogP contribution in [0, 0.1) is 0 Å². The largest absolute Gasteiger partial charge is 0.462 e. The number of fused-ring (bicyclic) bond motifs is 2. The zero-order valence-electron chi connectivity index (χ0n) is 40.4. The molecule has 0 radical (unpaired) electrons. The number of hydrogen-bond donors (Lipinski definition) is 2. The molecule has 75 heavy (non-hydrogen) atoms. The Bertz CT molecular complexity index is 3370. The molecule has 2 amide bonds. The summed E-state index contributed by atoms with van der Waals surface area (Å²) < 4.78 is 12.9. The topological polar surface area (TPSA) is 166 Å². The number of nitrogens with one attached hydrogen (secondary N) is 2. The number of benzene rings is 6. The molecule has 0 spiro atoms. The summed E-state index contributed by atoms with van der Waals surface area (Å²) in [5, 5.41) is 12.6. The van der Waals surface area contributed by atoms with Gasteiger partial charge in [-0.05, 0) is 52.4 Å². The number of carbonyl (C=O) groups is 4. The molecule has 1 saturated heterocycles. The summed E-state index contributed by atoms with van der Waals surface area (Å²) >= 11 is 5.12. The van der Waals surface area contributed by atoms with Gasteiger partial charge in [-0.25, -0.2) is 14.6 Å². The van der Waals surface area contributed by atoms with Crippen LogP contribution in [-0.4, -0.2) is 76.0 Å². The van der Waals surface area contributed by atoms with Gasteiger partial charge in [-0.3, -0.25) is 19.3 Å². The van der Waals surface area contributed by atoms with Crippen molar-refractivity contribution in [2.45, 2.75) is 34.2 Å². The predicted molar refractivity (Wildman–Crippen MR) is 296 cm³/mol. The first kappa shape index (κ1) is 50.7. The first-order valence-corrected chi connectivity index (χ1v) is 27.6. The molecule has 2 aromatic heterocycles. The minimum absolute atomic E-state index is 0.0177. The van der Waals surface area contributed by atoms with Crippen LogP contribution in [0.5, 0.6) is 0 Å². The monoisotopic (exact) mass is 1070 g/mol. The second kappa shape index (κ2) is 22.7. The van der Waals surface area contributed by atoms with Crippen LogP contribution < -0.4 is 16.1 Å². The average Bonchev–Trinajstić information content (AvgIpc) is 3.92. The van der Waals surface area contributed by atoms with Crippen LogP contribution in [0.2, 0.25) is 0 Å². The Morgan fingerprint density at radius 1 is 0.773 bits per heavy atom. The van der Waals surface area contributed by atoms with Gasteiger partial charge in [-0.1, -0.05) is 169 Å². The molecule has 0 aliphatic carbocycles. The Morgan fingerprint density at radius 2 is 1.33 bits per heavy atom. The summed E-state index contributed by atoms with van der Waals surface area (Å²) in [6, 6.07) is 54.7. The molecule has 13 nitrogen and oxygen atoms in total. The lowest BCUT2D eigenvalue weighted by Gasteiger charge is -2.49. The summed E-state index contributed by atoms with van der Waals surface area (Å²) in [4.78, 5) is 82.7. The Morgan fingerprint density at radius 3 is 1.91 bits per heavy atom. The van der Waals surface area contributed by atoms with E-state index in [2.05, 4.69) is 52.2 Å². The summed E-state index contributed by atoms with van der Waals surface area (Å²) in [6.07, 6.45) is -0.842. The van der Waals surface area contributed by atoms with Gasteiger partial charge in [-0.2, -0.15) is 0 Å². The number of oxime groups is 1. The third-order valence-corrected chi connectivity index (χ3v) is 17.3. The van der Waals surface area contributed by atoms with Gasteiger partial charge in [-0.15, -0.1) is 46.2 Å². The predicted octanol–water partition coefficient (Wildman–Crippen LogP) is 10.4. The quantitative estimate of drug-likeness (QED) is 0.0209. The highest BCUT2D eigenvalue weighted by Gasteiger charge is 2.55. The highest BCUT2D eigenvalue weighted by Crippen LogP contribution is 2.45. The fourth-order valence-corrected chi connectivity index (χ4v) is 13.8. The summed E-state index contributed by atoms with van der Waals surface area (Å²) in [7, 11) is 1.32. The van der Waals surface area contributed by atoms with E-state index >= 15 is 0 Å². The second-order valence-corrected chi connectivity index (χ2v) is 21.4. The molecule has 4 heterocycles. The number of amides is 2. The van der Waals surface area contributed by atoms with Crippen LogP contribution >= 0.6 is 46.2 Å². The zero-order chi connectivity index (χ0) is 51.9. The fourth-order valence-electron chi connectivity index (χ4n) is 9.17. The Kier molecular flexibility index (Phi) is 15.4. The van der Waals surface area contributed by atoms with E-state index in [4.69, 9.17) is 19.3 Å². The number of esters is 2. The molecule has 2 aliphatic heterocycles. The Hall–Kier alpha value is -7.83. The van der Waals surface area contributed by atoms with Gasteiger partial charge in [0.15, 0.2) is 16.9 Å². The molecule has 2 atom stereocenters. The Balaban J connectivity index is 0.954. The molecular formula is C58H47N5O8S4. The lowest BCUT2D eigenvalue weighted by atomic mass is 9.77. The third-order valence-electron chi connectivity index (χ3n) is 12.6. The number of rotatable bonds is 18. The lowest BCUT2D eigenvalue weighted by Crippen LogP contribution is -2.71. The normalized spacial score (nSPS) is 15.5. The number of thioether (sulfide) groups is 2. The summed E-state index contributed by atoms with van der Waals surface area (Å²) in [5.74, 6) is -2.42. The molecule has 6 aromatic carbocycles. The number of β-lactam (4-membered cyclic amide) rings is 1. The molecule has 1 fully saturated rings. The van der Waals surface area contributed by atoms with Crippen LogP contribution in [0.25, 0.3) is 10.1 Å². The molecule has 8 aromatic rings. The van der Waals surface area contributed by atoms with Crippen molar-refractivity contribution in [1.82, 2.24) is 15.2 Å². The fraction of sp³-hybridized carbons (Fsp3) is 0.155. The van der Waals surface area contributed by atoms with Gasteiger partial charge >= 0.3 is 11.9 Å². The highest BCUT2D eigenvalue weighted by atomic mass is 32.2. The van der Waals surface area contributed by atoms with Crippen molar-refractivity contribution < 1.29 is 33.5 Å². The average molecular weight is 1070 g/mol. The minimum Gasteiger partial charge on any atom is -0.462 e. The minimum atomic E-state index is -1.08. The molecule has 17 heteroatoms. The van der Waals surface area contributed by atoms with Gasteiger partial charge in [0.25, 0.3) is 11.8 Å². The molecule has 2 N–H and O–H groups in total. The third kappa shape index (κ3) is 10.2. The Labute approximate surface area is 448 Å². The van der Waals surface area contributed by atoms with Crippen molar-refractivity contribution in [3.63, 3.8) is 0 Å². The maximum absolute atomic E-state index is 14.9. The number of aromatic nitrogens is 1. The highest BCUT2D eigenvalue weighted by molar-refractivity contribution is 8.02. The van der Waals surface area contributed by atoms with E-state index in [-0.39, 0.29) is 40.8 Å². The standard InChI is InChI=1S/C58H47N5O8S4/c1-3-70-54(67)45-49(64)42-31-19-20-32-44(42)75-56(45)73-34-38-33-72-53-47(52(66)63(53)48(38)55(68)71-50(36-21-9-4-10-22-36)37-23-11-5-12-24-37)60-51(65)46(62-69-2)43-35-74-57(59-43)61-58(39-25-13-6-14-26-39,40-27-15-7-16-28-40)41-29-17-8-18-30-41/h4-32,35,47,50,53H,3,33-34H2,1-2H3,(H,59,61)(H,60,65)/b62-46-/t47?,53-/m1/s1. The van der Waals surface area contributed by atoms with Crippen molar-refractivity contribution in [3.05, 3.63) is 242 Å². The number of anilines is 1. The van der Waals surface area contributed by atoms with Gasteiger partial charge < -0.3 is 24.9 Å². The van der Waals surface area contributed by atoms with Crippen LogP contribution in [-0.2, 0) is 34.2 Å². The number of thiazole rings is 1. The smallest absolute Gasteiger partial charge is 0.356 e. The van der Waals surface area contributed by atoms with Gasteiger partial charge in [0.1, 0.15) is 41.0 Å². The molecule has 0 bridgehead atoms. The van der Waals surface area contributed by atoms with Crippen LogP contribution in [0.4, 0.5) is 5.13 Å². The SMILES string of the molecule is CCOC(=O)c1c(SCC2=C(C(=O)OC(c3ccccc3)c3ccccc3)N3C(=O)C(NC(=O)/C(=N\OC)c4csc(NC(c5ccccc5)(c5ccccc5)c5ccccc5)n4)[C@H]3SC2)sc2ccccc2c1=O. The van der Waals surface area contributed by atoms with Crippen molar-refractivity contribution in [2.24, 2.45) is 5.16 Å². The van der Waals surface area contributed by atoms with Crippen LogP contribution in [0.15, 0.2) is 207 Å². The van der Waals surface area contributed by atoms with Gasteiger partial charge in [0.05, 0.1) is 10.8 Å². The van der Waals surface area contributed by atoms with Gasteiger partial charge in [0, 0.05) is 27.0 Å².